The molecule has 200 valence electrons. The van der Waals surface area contributed by atoms with Crippen molar-refractivity contribution in [1.82, 2.24) is 14.7 Å². The smallest absolute Gasteiger partial charge is 0.475 e. The van der Waals surface area contributed by atoms with E-state index in [1.807, 2.05) is 23.9 Å². The number of hydrogen-bond donors (Lipinski definition) is 2. The van der Waals surface area contributed by atoms with Gasteiger partial charge >= 0.3 is 12.1 Å². The summed E-state index contributed by atoms with van der Waals surface area (Å²) in [5.74, 6) is -2.19. The zero-order valence-corrected chi connectivity index (χ0v) is 21.2. The maximum atomic E-state index is 10.6. The molecule has 0 bridgehead atoms. The highest BCUT2D eigenvalue weighted by Gasteiger charge is 2.38. The molecule has 2 aromatic rings. The number of aliphatic carboxylic acids is 1. The van der Waals surface area contributed by atoms with Gasteiger partial charge in [-0.25, -0.2) is 4.79 Å². The fraction of sp³-hybridized carbons (Fsp3) is 0.600. The van der Waals surface area contributed by atoms with Crippen LogP contribution in [0, 0.1) is 6.92 Å². The van der Waals surface area contributed by atoms with Gasteiger partial charge in [-0.05, 0) is 62.8 Å². The van der Waals surface area contributed by atoms with Gasteiger partial charge in [0.05, 0.1) is 25.0 Å². The zero-order chi connectivity index (χ0) is 26.5. The molecule has 1 aliphatic carbocycles. The second-order valence-corrected chi connectivity index (χ2v) is 9.90. The maximum Gasteiger partial charge on any atom is 0.490 e. The van der Waals surface area contributed by atoms with E-state index in [-0.39, 0.29) is 12.7 Å². The summed E-state index contributed by atoms with van der Waals surface area (Å²) < 4.78 is 39.7. The molecule has 0 amide bonds. The molecule has 1 saturated heterocycles. The lowest BCUT2D eigenvalue weighted by Crippen LogP contribution is -2.56. The van der Waals surface area contributed by atoms with Crippen LogP contribution in [-0.4, -0.2) is 75.0 Å². The zero-order valence-electron chi connectivity index (χ0n) is 20.4. The Balaban J connectivity index is 0.000000454. The molecule has 1 aliphatic heterocycles. The van der Waals surface area contributed by atoms with Crippen LogP contribution in [-0.2, 0) is 23.0 Å². The highest BCUT2D eigenvalue weighted by Crippen LogP contribution is 2.36. The van der Waals surface area contributed by atoms with Crippen molar-refractivity contribution in [3.63, 3.8) is 0 Å². The molecule has 0 radical (unpaired) electrons. The number of aliphatic hydroxyl groups excluding tert-OH is 1. The third-order valence-corrected chi connectivity index (χ3v) is 7.21. The van der Waals surface area contributed by atoms with Crippen molar-refractivity contribution in [2.45, 2.75) is 69.3 Å². The molecule has 1 saturated carbocycles. The Labute approximate surface area is 213 Å². The van der Waals surface area contributed by atoms with Crippen LogP contribution in [0.15, 0.2) is 30.3 Å². The van der Waals surface area contributed by atoms with Crippen molar-refractivity contribution >= 4 is 17.6 Å². The minimum atomic E-state index is -5.08. The van der Waals surface area contributed by atoms with E-state index in [0.717, 1.165) is 18.0 Å². The van der Waals surface area contributed by atoms with E-state index in [0.29, 0.717) is 24.6 Å². The molecular formula is C25H33ClF3N3O4. The first-order valence-corrected chi connectivity index (χ1v) is 12.4. The number of carbonyl (C=O) groups is 1. The summed E-state index contributed by atoms with van der Waals surface area (Å²) in [5, 5.41) is 22.3. The minimum Gasteiger partial charge on any atom is -0.475 e. The Morgan fingerprint density at radius 1 is 1.19 bits per heavy atom. The molecule has 7 nitrogen and oxygen atoms in total. The van der Waals surface area contributed by atoms with E-state index in [4.69, 9.17) is 31.3 Å². The third-order valence-electron chi connectivity index (χ3n) is 6.96. The Morgan fingerprint density at radius 3 is 2.31 bits per heavy atom. The van der Waals surface area contributed by atoms with Crippen molar-refractivity contribution < 1.29 is 32.9 Å². The van der Waals surface area contributed by atoms with E-state index in [1.165, 1.54) is 42.6 Å². The van der Waals surface area contributed by atoms with Crippen LogP contribution in [0.25, 0.3) is 0 Å². The molecule has 11 heteroatoms. The van der Waals surface area contributed by atoms with Crippen LogP contribution in [0.2, 0.25) is 5.02 Å². The molecule has 2 atom stereocenters. The van der Waals surface area contributed by atoms with E-state index in [2.05, 4.69) is 30.0 Å². The van der Waals surface area contributed by atoms with Gasteiger partial charge in [0.25, 0.3) is 0 Å². The fourth-order valence-electron chi connectivity index (χ4n) is 4.90. The van der Waals surface area contributed by atoms with Gasteiger partial charge in [0.2, 0.25) is 0 Å². The first-order valence-electron chi connectivity index (χ1n) is 12.0. The van der Waals surface area contributed by atoms with Gasteiger partial charge in [-0.2, -0.15) is 18.3 Å². The highest BCUT2D eigenvalue weighted by molar-refractivity contribution is 6.30. The summed E-state index contributed by atoms with van der Waals surface area (Å²) in [6.45, 7) is 3.69. The normalized spacial score (nSPS) is 25.2. The minimum absolute atomic E-state index is 0.0763. The van der Waals surface area contributed by atoms with Gasteiger partial charge < -0.3 is 14.9 Å². The van der Waals surface area contributed by atoms with E-state index < -0.39 is 12.1 Å². The van der Waals surface area contributed by atoms with Crippen molar-refractivity contribution in [2.75, 3.05) is 19.8 Å². The van der Waals surface area contributed by atoms with Crippen LogP contribution < -0.4 is 0 Å². The average molecular weight is 532 g/mol. The summed E-state index contributed by atoms with van der Waals surface area (Å²) in [7, 11) is 2.02. The van der Waals surface area contributed by atoms with Gasteiger partial charge in [0.1, 0.15) is 0 Å². The Kier molecular flexibility index (Phi) is 9.79. The van der Waals surface area contributed by atoms with Crippen molar-refractivity contribution in [1.29, 1.82) is 0 Å². The topological polar surface area (TPSA) is 87.8 Å². The predicted molar refractivity (Wildman–Crippen MR) is 129 cm³/mol. The van der Waals surface area contributed by atoms with Crippen molar-refractivity contribution in [2.24, 2.45) is 7.05 Å². The molecule has 0 unspecified atom stereocenters. The lowest BCUT2D eigenvalue weighted by molar-refractivity contribution is -0.192. The van der Waals surface area contributed by atoms with Crippen molar-refractivity contribution in [3.8, 4) is 0 Å². The number of alkyl halides is 3. The van der Waals surface area contributed by atoms with Gasteiger partial charge in [0, 0.05) is 42.3 Å². The Morgan fingerprint density at radius 2 is 1.81 bits per heavy atom. The molecule has 0 spiro atoms. The molecule has 4 rings (SSSR count). The van der Waals surface area contributed by atoms with Crippen molar-refractivity contribution in [3.05, 3.63) is 52.3 Å². The summed E-state index contributed by atoms with van der Waals surface area (Å²) in [6, 6.07) is 11.3. The molecule has 1 aromatic heterocycles. The largest absolute Gasteiger partial charge is 0.490 e. The molecule has 2 heterocycles. The van der Waals surface area contributed by atoms with Gasteiger partial charge in [-0.3, -0.25) is 9.58 Å². The number of nitrogens with zero attached hydrogens (tertiary/aromatic N) is 3. The van der Waals surface area contributed by atoms with Gasteiger partial charge in [-0.15, -0.1) is 0 Å². The second kappa shape index (κ2) is 12.4. The quantitative estimate of drug-likeness (QED) is 0.596. The Hall–Kier alpha value is -2.14. The molecule has 1 aromatic carbocycles. The number of halogens is 4. The number of ether oxygens (including phenoxy) is 1. The third kappa shape index (κ3) is 7.68. The maximum absolute atomic E-state index is 10.6. The second-order valence-electron chi connectivity index (χ2n) is 9.46. The monoisotopic (exact) mass is 531 g/mol. The number of morpholine rings is 1. The SMILES string of the molecule is Cc1cc(C2CCC(N3C[C@H](CO)OC[C@@H]3Cc3ccc(Cl)cc3)CC2)nn1C.O=C(O)C(F)(F)F. The number of carboxylic acid groups (broad SMARTS) is 1. The number of aromatic nitrogens is 2. The molecular weight excluding hydrogens is 499 g/mol. The number of rotatable bonds is 5. The Bertz CT molecular complexity index is 972. The highest BCUT2D eigenvalue weighted by atomic mass is 35.5. The number of aryl methyl sites for hydroxylation is 2. The number of hydrogen-bond acceptors (Lipinski definition) is 5. The number of aliphatic hydroxyl groups is 1. The average Bonchev–Trinajstić information content (AvgIpc) is 3.19. The summed E-state index contributed by atoms with van der Waals surface area (Å²) in [5.41, 5.74) is 3.76. The first kappa shape index (κ1) is 28.4. The van der Waals surface area contributed by atoms with E-state index in [1.54, 1.807) is 0 Å². The molecule has 2 aliphatic rings. The standard InChI is InChI=1S/C23H32ClN3O2.C2HF3O2/c1-16-11-23(25-26(16)2)18-5-9-20(10-6-18)27-13-22(14-28)29-15-21(27)12-17-3-7-19(24)8-4-17;3-2(4,5)1(6)7/h3-4,7-8,11,18,20-22,28H,5-6,9-10,12-15H2,1-2H3;(H,6,7)/t18?,20?,21-,22+;/m0./s1. The van der Waals surface area contributed by atoms with Crippen LogP contribution in [0.1, 0.15) is 48.6 Å². The summed E-state index contributed by atoms with van der Waals surface area (Å²) >= 11 is 6.05. The lowest BCUT2D eigenvalue weighted by Gasteiger charge is -2.46. The van der Waals surface area contributed by atoms with E-state index in [9.17, 15) is 18.3 Å². The number of carboxylic acids is 1. The lowest BCUT2D eigenvalue weighted by atomic mass is 9.82. The summed E-state index contributed by atoms with van der Waals surface area (Å²) in [6.07, 6.45) is 0.499. The van der Waals surface area contributed by atoms with Crippen LogP contribution in [0.5, 0.6) is 0 Å². The molecule has 2 N–H and O–H groups in total. The van der Waals surface area contributed by atoms with Crippen LogP contribution in [0.3, 0.4) is 0 Å². The predicted octanol–water partition coefficient (Wildman–Crippen LogP) is 4.35. The fourth-order valence-corrected chi connectivity index (χ4v) is 5.02. The van der Waals surface area contributed by atoms with Gasteiger partial charge in [-0.1, -0.05) is 23.7 Å². The molecule has 36 heavy (non-hydrogen) atoms. The van der Waals surface area contributed by atoms with Gasteiger partial charge in [0.15, 0.2) is 0 Å². The van der Waals surface area contributed by atoms with Crippen LogP contribution in [0.4, 0.5) is 13.2 Å². The van der Waals surface area contributed by atoms with Crippen LogP contribution >= 0.6 is 11.6 Å². The molecule has 2 fully saturated rings. The summed E-state index contributed by atoms with van der Waals surface area (Å²) in [4.78, 5) is 11.5. The van der Waals surface area contributed by atoms with E-state index >= 15 is 0 Å². The number of benzene rings is 1. The first-order chi connectivity index (χ1) is 17.0.